The number of rotatable bonds is 11. The van der Waals surface area contributed by atoms with Crippen LogP contribution in [0.1, 0.15) is 0 Å². The molecule has 0 bridgehead atoms. The molecule has 119 valence electrons. The third kappa shape index (κ3) is 7.10. The maximum atomic E-state index is 6.49. The first kappa shape index (κ1) is 25.9. The topological polar surface area (TPSA) is 0 Å². The van der Waals surface area contributed by atoms with Gasteiger partial charge in [0.05, 0.1) is 40.2 Å². The summed E-state index contributed by atoms with van der Waals surface area (Å²) in [5.41, 5.74) is 0. The lowest BCUT2D eigenvalue weighted by Crippen LogP contribution is -2.81. The third-order valence-electron chi connectivity index (χ3n) is 6.46. The molecule has 0 rings (SSSR count). The van der Waals surface area contributed by atoms with E-state index in [4.69, 9.17) is 15.5 Å². The summed E-state index contributed by atoms with van der Waals surface area (Å²) in [4.78, 5) is 0. The first-order valence-corrected chi connectivity index (χ1v) is 10.7. The Kier molecular flexibility index (Phi) is 12.1. The standard InChI is InChI=1S/C11H33B14/c1-14-21(15(2)3)24(20(12)13)25(22(16(4)5)17(6)7)23(18(8)9)19(10)11/h1-11H3. The summed E-state index contributed by atoms with van der Waals surface area (Å²) < 4.78 is 0. The van der Waals surface area contributed by atoms with Crippen molar-refractivity contribution in [2.24, 2.45) is 0 Å². The second-order valence-electron chi connectivity index (χ2n) is 10.0. The molecule has 0 aliphatic heterocycles. The summed E-state index contributed by atoms with van der Waals surface area (Å²) in [5, 5.41) is 0. The van der Waals surface area contributed by atoms with Gasteiger partial charge in [-0.25, -0.2) is 0 Å². The minimum atomic E-state index is -0.270. The van der Waals surface area contributed by atoms with E-state index in [0.29, 0.717) is 64.9 Å². The van der Waals surface area contributed by atoms with Gasteiger partial charge in [0.2, 0.25) is 0 Å². The van der Waals surface area contributed by atoms with Crippen LogP contribution < -0.4 is 0 Å². The van der Waals surface area contributed by atoms with Crippen molar-refractivity contribution in [3.63, 3.8) is 0 Å². The SMILES string of the molecule is [B]B([B])B(B([B]C)B(C)C)B(B(B(C)C)B(C)C)B(B(C)C)B(C)C. The van der Waals surface area contributed by atoms with Gasteiger partial charge in [0.25, 0.3) is 0 Å². The predicted molar refractivity (Wildman–Crippen MR) is 145 cm³/mol. The summed E-state index contributed by atoms with van der Waals surface area (Å²) in [6.07, 6.45) is 2.34. The van der Waals surface area contributed by atoms with Crippen molar-refractivity contribution in [2.45, 2.75) is 75.1 Å². The largest absolute Gasteiger partial charge is 0.101 e. The normalized spacial score (nSPS) is 9.72. The van der Waals surface area contributed by atoms with Gasteiger partial charge < -0.3 is 0 Å². The molecule has 0 unspecified atom stereocenters. The zero-order valence-corrected chi connectivity index (χ0v) is 19.1. The second kappa shape index (κ2) is 11.7. The van der Waals surface area contributed by atoms with Crippen molar-refractivity contribution < 1.29 is 0 Å². The van der Waals surface area contributed by atoms with E-state index in [1.165, 1.54) is 0 Å². The van der Waals surface area contributed by atoms with Gasteiger partial charge in [-0.05, 0) is 0 Å². The van der Waals surface area contributed by atoms with E-state index in [-0.39, 0.29) is 6.39 Å². The predicted octanol–water partition coefficient (Wildman–Crippen LogP) is 1.09. The maximum Gasteiger partial charge on any atom is 0.0850 e. The second-order valence-corrected chi connectivity index (χ2v) is 10.0. The molecule has 0 atom stereocenters. The van der Waals surface area contributed by atoms with E-state index in [0.717, 1.165) is 0 Å². The summed E-state index contributed by atoms with van der Waals surface area (Å²) in [5.74, 6) is 0. The Bertz CT molecular complexity index is 323. The first-order valence-electron chi connectivity index (χ1n) is 10.7. The van der Waals surface area contributed by atoms with Crippen LogP contribution in [0.2, 0.25) is 75.1 Å². The molecule has 0 aliphatic carbocycles. The zero-order chi connectivity index (χ0) is 20.1. The van der Waals surface area contributed by atoms with E-state index < -0.39 is 0 Å². The van der Waals surface area contributed by atoms with Gasteiger partial charge in [-0.2, -0.15) is 0 Å². The fourth-order valence-corrected chi connectivity index (χ4v) is 5.91. The Morgan fingerprint density at radius 3 is 0.960 bits per heavy atom. The Morgan fingerprint density at radius 2 is 0.800 bits per heavy atom. The lowest BCUT2D eigenvalue weighted by molar-refractivity contribution is 2.05. The molecular weight excluding hydrogens is 283 g/mol. The molecule has 0 saturated heterocycles. The van der Waals surface area contributed by atoms with Gasteiger partial charge in [0.15, 0.2) is 0 Å². The molecule has 0 aromatic heterocycles. The van der Waals surface area contributed by atoms with Crippen molar-refractivity contribution in [1.82, 2.24) is 0 Å². The minimum Gasteiger partial charge on any atom is -0.101 e. The maximum absolute atomic E-state index is 6.49. The smallest absolute Gasteiger partial charge is 0.0850 e. The quantitative estimate of drug-likeness (QED) is 0.501. The van der Waals surface area contributed by atoms with Crippen molar-refractivity contribution in [3.8, 4) is 0 Å². The lowest BCUT2D eigenvalue weighted by atomic mass is 8.40. The Morgan fingerprint density at radius 1 is 0.480 bits per heavy atom. The summed E-state index contributed by atoms with van der Waals surface area (Å²) >= 11 is 0. The molecule has 5 radical (unpaired) electrons. The van der Waals surface area contributed by atoms with Gasteiger partial charge >= 0.3 is 0 Å². The van der Waals surface area contributed by atoms with Gasteiger partial charge in [-0.15, -0.1) is 6.82 Å². The van der Waals surface area contributed by atoms with Crippen LogP contribution in [0.25, 0.3) is 0 Å². The molecule has 0 spiro atoms. The highest BCUT2D eigenvalue weighted by atomic mass is 13.5. The monoisotopic (exact) mass is 319 g/mol. The molecule has 0 N–H and O–H groups in total. The molecule has 0 aliphatic rings. The van der Waals surface area contributed by atoms with Crippen LogP contribution >= 0.6 is 0 Å². The van der Waals surface area contributed by atoms with E-state index >= 15 is 0 Å². The van der Waals surface area contributed by atoms with Gasteiger partial charge in [-0.1, -0.05) is 68.2 Å². The van der Waals surface area contributed by atoms with Crippen LogP contribution in [0.3, 0.4) is 0 Å². The molecule has 0 fully saturated rings. The van der Waals surface area contributed by atoms with Crippen LogP contribution in [-0.2, 0) is 0 Å². The van der Waals surface area contributed by atoms with Gasteiger partial charge in [0.1, 0.15) is 0 Å². The van der Waals surface area contributed by atoms with Crippen LogP contribution in [0.4, 0.5) is 0 Å². The molecular formula is C11H33B14. The molecule has 0 aromatic rings. The summed E-state index contributed by atoms with van der Waals surface area (Å²) in [6.45, 7) is 29.0. The van der Waals surface area contributed by atoms with E-state index in [2.05, 4.69) is 82.2 Å². The minimum absolute atomic E-state index is 0.270. The van der Waals surface area contributed by atoms with E-state index in [1.54, 1.807) is 0 Å². The highest BCUT2D eigenvalue weighted by Crippen LogP contribution is 2.16. The molecule has 14 heteroatoms. The van der Waals surface area contributed by atoms with Crippen LogP contribution in [-0.4, -0.2) is 94.0 Å². The van der Waals surface area contributed by atoms with Crippen molar-refractivity contribution in [3.05, 3.63) is 0 Å². The average molecular weight is 317 g/mol. The van der Waals surface area contributed by atoms with Crippen LogP contribution in [0.15, 0.2) is 0 Å². The summed E-state index contributed by atoms with van der Waals surface area (Å²) in [6, 6.07) is 0. The average Bonchev–Trinajstić information content (AvgIpc) is 2.41. The summed E-state index contributed by atoms with van der Waals surface area (Å²) in [7, 11) is 15.3. The fraction of sp³-hybridized carbons (Fsp3) is 1.00. The van der Waals surface area contributed by atoms with Gasteiger partial charge in [0, 0.05) is 53.8 Å². The lowest BCUT2D eigenvalue weighted by Gasteiger charge is -2.44. The van der Waals surface area contributed by atoms with Crippen molar-refractivity contribution in [1.29, 1.82) is 0 Å². The molecule has 0 heterocycles. The van der Waals surface area contributed by atoms with Crippen molar-refractivity contribution >= 4 is 94.0 Å². The Hall–Kier alpha value is 0.909. The third-order valence-corrected chi connectivity index (χ3v) is 6.46. The molecule has 25 heavy (non-hydrogen) atoms. The highest BCUT2D eigenvalue weighted by Gasteiger charge is 2.51. The number of hydrogen-bond acceptors (Lipinski definition) is 0. The fourth-order valence-electron chi connectivity index (χ4n) is 5.91. The Balaban J connectivity index is 6.38. The first-order chi connectivity index (χ1) is 11.4. The Labute approximate surface area is 169 Å². The molecule has 0 saturated carbocycles. The van der Waals surface area contributed by atoms with Crippen LogP contribution in [0.5, 0.6) is 0 Å². The van der Waals surface area contributed by atoms with E-state index in [9.17, 15) is 0 Å². The molecule has 0 nitrogen and oxygen atoms in total. The van der Waals surface area contributed by atoms with E-state index in [1.807, 2.05) is 0 Å². The van der Waals surface area contributed by atoms with Gasteiger partial charge in [-0.3, -0.25) is 0 Å². The zero-order valence-electron chi connectivity index (χ0n) is 19.1. The number of hydrogen-bond donors (Lipinski definition) is 0. The molecule has 0 aromatic carbocycles. The van der Waals surface area contributed by atoms with Crippen LogP contribution in [0, 0.1) is 0 Å². The molecule has 0 amide bonds. The van der Waals surface area contributed by atoms with Crippen molar-refractivity contribution in [2.75, 3.05) is 0 Å². The highest BCUT2D eigenvalue weighted by molar-refractivity contribution is 8.15.